The van der Waals surface area contributed by atoms with Crippen LogP contribution < -0.4 is 16.4 Å². The summed E-state index contributed by atoms with van der Waals surface area (Å²) in [7, 11) is 0. The predicted octanol–water partition coefficient (Wildman–Crippen LogP) is 2.32. The van der Waals surface area contributed by atoms with Gasteiger partial charge < -0.3 is 21.3 Å². The lowest BCUT2D eigenvalue weighted by Crippen LogP contribution is -2.53. The Labute approximate surface area is 196 Å². The van der Waals surface area contributed by atoms with Crippen LogP contribution in [0.4, 0.5) is 0 Å². The van der Waals surface area contributed by atoms with Gasteiger partial charge in [-0.15, -0.1) is 0 Å². The van der Waals surface area contributed by atoms with Crippen molar-refractivity contribution in [3.05, 3.63) is 35.9 Å². The summed E-state index contributed by atoms with van der Waals surface area (Å²) in [5, 5.41) is 5.97. The molecule has 1 aromatic carbocycles. The lowest BCUT2D eigenvalue weighted by molar-refractivity contribution is -0.137. The monoisotopic (exact) mass is 462 g/mol. The highest BCUT2D eigenvalue weighted by Crippen LogP contribution is 2.20. The first-order valence-corrected chi connectivity index (χ1v) is 12.8. The molecule has 0 saturated carbocycles. The van der Waals surface area contributed by atoms with E-state index in [9.17, 15) is 14.4 Å². The molecule has 1 heterocycles. The third-order valence-electron chi connectivity index (χ3n) is 6.03. The van der Waals surface area contributed by atoms with E-state index in [2.05, 4.69) is 10.6 Å². The van der Waals surface area contributed by atoms with E-state index in [-0.39, 0.29) is 35.6 Å². The van der Waals surface area contributed by atoms with Crippen molar-refractivity contribution >= 4 is 29.5 Å². The van der Waals surface area contributed by atoms with Crippen molar-refractivity contribution in [3.63, 3.8) is 0 Å². The minimum Gasteiger partial charge on any atom is -0.348 e. The molecule has 3 amide bonds. The number of nitrogens with zero attached hydrogens (tertiary/aromatic N) is 1. The van der Waals surface area contributed by atoms with E-state index >= 15 is 0 Å². The molecule has 1 fully saturated rings. The molecule has 0 bridgehead atoms. The first-order valence-electron chi connectivity index (χ1n) is 11.4. The van der Waals surface area contributed by atoms with Crippen LogP contribution >= 0.6 is 11.8 Å². The SMILES string of the molecule is CSCC[C@H](N)C(=O)N1CCC(C(=O)N[C@@H](C(=O)N[C@@H](C)c2ccccc2)C(C)C)CC1. The first-order chi connectivity index (χ1) is 15.2. The van der Waals surface area contributed by atoms with Gasteiger partial charge in [0, 0.05) is 19.0 Å². The number of nitrogens with two attached hydrogens (primary N) is 1. The number of benzene rings is 1. The van der Waals surface area contributed by atoms with E-state index in [1.165, 1.54) is 0 Å². The molecule has 4 N–H and O–H groups in total. The van der Waals surface area contributed by atoms with Crippen molar-refractivity contribution in [2.45, 2.75) is 58.2 Å². The summed E-state index contributed by atoms with van der Waals surface area (Å²) in [6, 6.07) is 8.52. The topological polar surface area (TPSA) is 105 Å². The number of thioether (sulfide) groups is 1. The summed E-state index contributed by atoms with van der Waals surface area (Å²) in [6.07, 6.45) is 3.82. The molecule has 2 rings (SSSR count). The maximum atomic E-state index is 12.9. The van der Waals surface area contributed by atoms with Crippen LogP contribution in [0.5, 0.6) is 0 Å². The molecule has 178 valence electrons. The smallest absolute Gasteiger partial charge is 0.243 e. The number of carbonyl (C=O) groups excluding carboxylic acids is 3. The highest BCUT2D eigenvalue weighted by Gasteiger charge is 2.32. The first kappa shape index (κ1) is 26.2. The molecule has 0 aromatic heterocycles. The van der Waals surface area contributed by atoms with Gasteiger partial charge in [-0.1, -0.05) is 44.2 Å². The summed E-state index contributed by atoms with van der Waals surface area (Å²) in [5.41, 5.74) is 7.03. The van der Waals surface area contributed by atoms with Crippen LogP contribution in [-0.4, -0.2) is 59.8 Å². The fourth-order valence-electron chi connectivity index (χ4n) is 3.90. The number of likely N-dealkylation sites (tertiary alicyclic amines) is 1. The average molecular weight is 463 g/mol. The van der Waals surface area contributed by atoms with E-state index in [0.717, 1.165) is 11.3 Å². The summed E-state index contributed by atoms with van der Waals surface area (Å²) in [4.78, 5) is 40.1. The van der Waals surface area contributed by atoms with E-state index < -0.39 is 12.1 Å². The zero-order chi connectivity index (χ0) is 23.7. The quantitative estimate of drug-likeness (QED) is 0.495. The molecule has 1 aliphatic heterocycles. The molecule has 0 unspecified atom stereocenters. The highest BCUT2D eigenvalue weighted by molar-refractivity contribution is 7.98. The number of amides is 3. The fourth-order valence-corrected chi connectivity index (χ4v) is 4.39. The zero-order valence-electron chi connectivity index (χ0n) is 19.7. The van der Waals surface area contributed by atoms with E-state index in [1.807, 2.05) is 57.4 Å². The van der Waals surface area contributed by atoms with Gasteiger partial charge in [-0.3, -0.25) is 14.4 Å². The molecule has 1 aromatic rings. The van der Waals surface area contributed by atoms with Gasteiger partial charge in [0.25, 0.3) is 0 Å². The molecule has 1 saturated heterocycles. The summed E-state index contributed by atoms with van der Waals surface area (Å²) in [5.74, 6) is 0.266. The van der Waals surface area contributed by atoms with Crippen LogP contribution in [-0.2, 0) is 14.4 Å². The van der Waals surface area contributed by atoms with E-state index in [0.29, 0.717) is 32.4 Å². The normalized spacial score (nSPS) is 17.5. The van der Waals surface area contributed by atoms with Crippen molar-refractivity contribution < 1.29 is 14.4 Å². The Morgan fingerprint density at radius 3 is 2.28 bits per heavy atom. The van der Waals surface area contributed by atoms with Crippen molar-refractivity contribution in [1.29, 1.82) is 0 Å². The molecule has 0 aliphatic carbocycles. The Hall–Kier alpha value is -2.06. The van der Waals surface area contributed by atoms with Gasteiger partial charge in [-0.2, -0.15) is 11.8 Å². The lowest BCUT2D eigenvalue weighted by atomic mass is 9.93. The standard InChI is InChI=1S/C24H38N4O3S/c1-16(2)21(23(30)26-17(3)18-8-6-5-7-9-18)27-22(29)19-10-13-28(14-11-19)24(31)20(25)12-15-32-4/h5-9,16-17,19-21H,10-15,25H2,1-4H3,(H,26,30)(H,27,29)/t17-,20-,21+/m0/s1. The zero-order valence-corrected chi connectivity index (χ0v) is 20.5. The van der Waals surface area contributed by atoms with Crippen molar-refractivity contribution in [3.8, 4) is 0 Å². The van der Waals surface area contributed by atoms with Crippen LogP contribution in [0.1, 0.15) is 51.6 Å². The largest absolute Gasteiger partial charge is 0.348 e. The Kier molecular flexibility index (Phi) is 10.5. The average Bonchev–Trinajstić information content (AvgIpc) is 2.80. The molecule has 0 radical (unpaired) electrons. The minimum absolute atomic E-state index is 0.0350. The van der Waals surface area contributed by atoms with Crippen molar-refractivity contribution in [2.24, 2.45) is 17.6 Å². The molecular weight excluding hydrogens is 424 g/mol. The van der Waals surface area contributed by atoms with E-state index in [4.69, 9.17) is 5.73 Å². The van der Waals surface area contributed by atoms with Crippen LogP contribution in [0.2, 0.25) is 0 Å². The van der Waals surface area contributed by atoms with Gasteiger partial charge in [-0.25, -0.2) is 0 Å². The molecule has 32 heavy (non-hydrogen) atoms. The molecule has 3 atom stereocenters. The third-order valence-corrected chi connectivity index (χ3v) is 6.68. The van der Waals surface area contributed by atoms with E-state index in [1.54, 1.807) is 16.7 Å². The molecule has 7 nitrogen and oxygen atoms in total. The third kappa shape index (κ3) is 7.52. The fraction of sp³-hybridized carbons (Fsp3) is 0.625. The Morgan fingerprint density at radius 1 is 1.09 bits per heavy atom. The number of rotatable bonds is 10. The molecule has 1 aliphatic rings. The maximum absolute atomic E-state index is 12.9. The Morgan fingerprint density at radius 2 is 1.72 bits per heavy atom. The Bertz CT molecular complexity index is 751. The molecule has 8 heteroatoms. The summed E-state index contributed by atoms with van der Waals surface area (Å²) >= 11 is 1.67. The second-order valence-electron chi connectivity index (χ2n) is 8.86. The van der Waals surface area contributed by atoms with Gasteiger partial charge in [0.15, 0.2) is 0 Å². The maximum Gasteiger partial charge on any atom is 0.243 e. The van der Waals surface area contributed by atoms with Crippen molar-refractivity contribution in [1.82, 2.24) is 15.5 Å². The second kappa shape index (κ2) is 12.8. The van der Waals surface area contributed by atoms with Gasteiger partial charge in [0.2, 0.25) is 17.7 Å². The molecular formula is C24H38N4O3S. The molecule has 0 spiro atoms. The van der Waals surface area contributed by atoms with Gasteiger partial charge >= 0.3 is 0 Å². The minimum atomic E-state index is -0.603. The predicted molar refractivity (Wildman–Crippen MR) is 130 cm³/mol. The summed E-state index contributed by atoms with van der Waals surface area (Å²) < 4.78 is 0. The number of piperidine rings is 1. The lowest BCUT2D eigenvalue weighted by Gasteiger charge is -2.34. The number of hydrogen-bond donors (Lipinski definition) is 3. The van der Waals surface area contributed by atoms with Crippen LogP contribution in [0.15, 0.2) is 30.3 Å². The summed E-state index contributed by atoms with van der Waals surface area (Å²) in [6.45, 7) is 6.83. The van der Waals surface area contributed by atoms with Gasteiger partial charge in [0.1, 0.15) is 6.04 Å². The van der Waals surface area contributed by atoms with Crippen LogP contribution in [0.25, 0.3) is 0 Å². The van der Waals surface area contributed by atoms with Gasteiger partial charge in [-0.05, 0) is 49.7 Å². The number of nitrogens with one attached hydrogen (secondary N) is 2. The van der Waals surface area contributed by atoms with Gasteiger partial charge in [0.05, 0.1) is 12.1 Å². The second-order valence-corrected chi connectivity index (χ2v) is 9.84. The number of carbonyl (C=O) groups is 3. The van der Waals surface area contributed by atoms with Crippen LogP contribution in [0.3, 0.4) is 0 Å². The van der Waals surface area contributed by atoms with Crippen molar-refractivity contribution in [2.75, 3.05) is 25.1 Å². The number of hydrogen-bond acceptors (Lipinski definition) is 5. The Balaban J connectivity index is 1.88. The van der Waals surface area contributed by atoms with Crippen LogP contribution in [0, 0.1) is 11.8 Å². The highest BCUT2D eigenvalue weighted by atomic mass is 32.2.